The molecule has 0 spiro atoms. The maximum Gasteiger partial charge on any atom is 0.0619 e. The molecule has 63 heavy (non-hydrogen) atoms. The lowest BCUT2D eigenvalue weighted by Crippen LogP contribution is -2.09. The molecule has 0 N–H and O–H groups in total. The second kappa shape index (κ2) is 14.2. The van der Waals surface area contributed by atoms with Crippen molar-refractivity contribution >= 4 is 76.7 Å². The SMILES string of the molecule is c1ccc(-c2ccc(N(c3ccc(-c4ccccc4)cc3)c3ccc(-c4ccc5c(c4)c4cccc6c7cccc8c7c7c(cccc7c7ccccc7n5c64)C8)cc3)cc2)cc1. The average molecular weight is 801 g/mol. The number of aromatic nitrogens is 1. The number of benzene rings is 10. The van der Waals surface area contributed by atoms with E-state index in [1.807, 2.05) is 0 Å². The van der Waals surface area contributed by atoms with Crippen LogP contribution in [-0.4, -0.2) is 4.40 Å². The van der Waals surface area contributed by atoms with E-state index in [4.69, 9.17) is 0 Å². The maximum atomic E-state index is 2.53. The van der Waals surface area contributed by atoms with Crippen molar-refractivity contribution in [2.45, 2.75) is 6.42 Å². The highest BCUT2D eigenvalue weighted by Crippen LogP contribution is 2.44. The highest BCUT2D eigenvalue weighted by Gasteiger charge is 2.21. The normalized spacial score (nSPS) is 12.1. The maximum absolute atomic E-state index is 2.53. The summed E-state index contributed by atoms with van der Waals surface area (Å²) in [6.07, 6.45) is 0.967. The van der Waals surface area contributed by atoms with Crippen LogP contribution in [0.3, 0.4) is 0 Å². The smallest absolute Gasteiger partial charge is 0.0619 e. The monoisotopic (exact) mass is 800 g/mol. The second-order valence-electron chi connectivity index (χ2n) is 16.9. The fourth-order valence-electron chi connectivity index (χ4n) is 10.5. The molecule has 13 rings (SSSR count). The fraction of sp³-hybridized carbons (Fsp3) is 0.0164. The van der Waals surface area contributed by atoms with Crippen molar-refractivity contribution in [2.24, 2.45) is 0 Å². The summed E-state index contributed by atoms with van der Waals surface area (Å²) in [6.45, 7) is 0. The molecule has 0 radical (unpaired) electrons. The van der Waals surface area contributed by atoms with Gasteiger partial charge < -0.3 is 9.30 Å². The Bertz CT molecular complexity index is 3690. The second-order valence-corrected chi connectivity index (χ2v) is 16.9. The van der Waals surface area contributed by atoms with Crippen LogP contribution in [0.25, 0.3) is 93.0 Å². The minimum absolute atomic E-state index is 0.967. The summed E-state index contributed by atoms with van der Waals surface area (Å²) >= 11 is 0. The molecule has 2 aromatic heterocycles. The Labute approximate surface area is 365 Å². The van der Waals surface area contributed by atoms with Crippen LogP contribution in [0, 0.1) is 0 Å². The summed E-state index contributed by atoms with van der Waals surface area (Å²) < 4.78 is 2.53. The Morgan fingerprint density at radius 1 is 0.286 bits per heavy atom. The Kier molecular flexibility index (Phi) is 8.01. The molecule has 0 unspecified atom stereocenters. The molecule has 0 saturated heterocycles. The van der Waals surface area contributed by atoms with Gasteiger partial charge in [0.2, 0.25) is 0 Å². The van der Waals surface area contributed by atoms with Crippen LogP contribution >= 0.6 is 0 Å². The van der Waals surface area contributed by atoms with Crippen molar-refractivity contribution in [1.82, 2.24) is 4.40 Å². The number of hydrogen-bond acceptors (Lipinski definition) is 1. The minimum atomic E-state index is 0.967. The molecular formula is C61H40N2. The zero-order valence-corrected chi connectivity index (χ0v) is 34.5. The third-order valence-corrected chi connectivity index (χ3v) is 13.4. The third kappa shape index (κ3) is 5.65. The minimum Gasteiger partial charge on any atom is -0.311 e. The van der Waals surface area contributed by atoms with Gasteiger partial charge in [0.25, 0.3) is 0 Å². The summed E-state index contributed by atoms with van der Waals surface area (Å²) in [6, 6.07) is 84.8. The molecule has 10 aromatic carbocycles. The number of para-hydroxylation sites is 2. The van der Waals surface area contributed by atoms with E-state index in [9.17, 15) is 0 Å². The van der Waals surface area contributed by atoms with E-state index in [2.05, 4.69) is 240 Å². The van der Waals surface area contributed by atoms with Gasteiger partial charge in [-0.15, -0.1) is 0 Å². The highest BCUT2D eigenvalue weighted by molar-refractivity contribution is 6.27. The molecule has 0 saturated carbocycles. The van der Waals surface area contributed by atoms with Crippen molar-refractivity contribution in [2.75, 3.05) is 4.90 Å². The van der Waals surface area contributed by atoms with E-state index in [1.165, 1.54) is 104 Å². The number of hydrogen-bond donors (Lipinski definition) is 0. The first kappa shape index (κ1) is 35.5. The van der Waals surface area contributed by atoms with Crippen molar-refractivity contribution in [3.63, 3.8) is 0 Å². The Balaban J connectivity index is 0.968. The lowest BCUT2D eigenvalue weighted by Gasteiger charge is -2.26. The van der Waals surface area contributed by atoms with Gasteiger partial charge in [-0.25, -0.2) is 0 Å². The molecule has 2 nitrogen and oxygen atoms in total. The Morgan fingerprint density at radius 3 is 1.25 bits per heavy atom. The predicted molar refractivity (Wildman–Crippen MR) is 268 cm³/mol. The summed E-state index contributed by atoms with van der Waals surface area (Å²) in [5.41, 5.74) is 17.0. The average Bonchev–Trinajstić information content (AvgIpc) is 3.92. The molecule has 1 aliphatic rings. The number of nitrogens with zero attached hydrogens (tertiary/aromatic N) is 2. The van der Waals surface area contributed by atoms with E-state index >= 15 is 0 Å². The van der Waals surface area contributed by atoms with Crippen LogP contribution in [0.4, 0.5) is 17.1 Å². The highest BCUT2D eigenvalue weighted by atomic mass is 15.1. The summed E-state index contributed by atoms with van der Waals surface area (Å²) in [7, 11) is 0. The standard InChI is InChI=1S/C61H40N2/c1-3-12-40(13-4-1)42-24-31-48(32-25-42)62(49-33-26-43(27-34-49)41-14-5-2-6-15-41)50-35-28-44(29-36-50)45-30-37-58-56(39-45)55-22-11-21-54-53-20-10-17-47-38-46-16-9-19-52(59(46)60(47)53)51-18-7-8-23-57(51)63(58)61(54)55/h1-37,39H,38H2. The lowest BCUT2D eigenvalue weighted by atomic mass is 9.99. The van der Waals surface area contributed by atoms with E-state index in [-0.39, 0.29) is 0 Å². The van der Waals surface area contributed by atoms with Gasteiger partial charge in [0.15, 0.2) is 0 Å². The molecular weight excluding hydrogens is 761 g/mol. The van der Waals surface area contributed by atoms with Crippen molar-refractivity contribution in [3.8, 4) is 33.4 Å². The zero-order valence-electron chi connectivity index (χ0n) is 34.5. The molecule has 12 aromatic rings. The number of anilines is 3. The Morgan fingerprint density at radius 2 is 0.683 bits per heavy atom. The van der Waals surface area contributed by atoms with Crippen LogP contribution in [0.1, 0.15) is 11.1 Å². The molecule has 0 amide bonds. The van der Waals surface area contributed by atoms with E-state index in [0.717, 1.165) is 23.5 Å². The zero-order chi connectivity index (χ0) is 41.4. The van der Waals surface area contributed by atoms with Gasteiger partial charge in [0.05, 0.1) is 16.6 Å². The van der Waals surface area contributed by atoms with Crippen molar-refractivity contribution in [3.05, 3.63) is 242 Å². The number of fused-ring (bicyclic) bond motifs is 7. The van der Waals surface area contributed by atoms with Gasteiger partial charge in [-0.2, -0.15) is 0 Å². The van der Waals surface area contributed by atoms with Crippen molar-refractivity contribution < 1.29 is 0 Å². The molecule has 0 fully saturated rings. The van der Waals surface area contributed by atoms with Gasteiger partial charge in [-0.3, -0.25) is 0 Å². The fourth-order valence-corrected chi connectivity index (χ4v) is 10.5. The Hall–Kier alpha value is -8.20. The van der Waals surface area contributed by atoms with E-state index in [1.54, 1.807) is 0 Å². The van der Waals surface area contributed by atoms with Crippen LogP contribution in [0.2, 0.25) is 0 Å². The summed E-state index contributed by atoms with van der Waals surface area (Å²) in [5, 5.41) is 10.5. The first-order valence-corrected chi connectivity index (χ1v) is 21.9. The van der Waals surface area contributed by atoms with E-state index < -0.39 is 0 Å². The van der Waals surface area contributed by atoms with Gasteiger partial charge in [0.1, 0.15) is 0 Å². The third-order valence-electron chi connectivity index (χ3n) is 13.4. The van der Waals surface area contributed by atoms with Crippen LogP contribution < -0.4 is 4.90 Å². The van der Waals surface area contributed by atoms with Gasteiger partial charge in [-0.05, 0) is 127 Å². The molecule has 0 bridgehead atoms. The molecule has 2 heterocycles. The largest absolute Gasteiger partial charge is 0.311 e. The topological polar surface area (TPSA) is 7.65 Å². The first-order valence-electron chi connectivity index (χ1n) is 21.9. The number of rotatable bonds is 6. The quantitative estimate of drug-likeness (QED) is 0.163. The molecule has 0 atom stereocenters. The molecule has 2 heteroatoms. The van der Waals surface area contributed by atoms with E-state index in [0.29, 0.717) is 0 Å². The van der Waals surface area contributed by atoms with Crippen LogP contribution in [0.15, 0.2) is 231 Å². The van der Waals surface area contributed by atoms with Gasteiger partial charge in [0, 0.05) is 38.6 Å². The van der Waals surface area contributed by atoms with Gasteiger partial charge >= 0.3 is 0 Å². The predicted octanol–water partition coefficient (Wildman–Crippen LogP) is 16.6. The molecule has 1 aliphatic carbocycles. The van der Waals surface area contributed by atoms with Crippen molar-refractivity contribution in [1.29, 1.82) is 0 Å². The first-order chi connectivity index (χ1) is 31.2. The molecule has 294 valence electrons. The van der Waals surface area contributed by atoms with Crippen LogP contribution in [-0.2, 0) is 6.42 Å². The molecule has 0 aliphatic heterocycles. The summed E-state index contributed by atoms with van der Waals surface area (Å²) in [4.78, 5) is 2.36. The van der Waals surface area contributed by atoms with Crippen LogP contribution in [0.5, 0.6) is 0 Å². The lowest BCUT2D eigenvalue weighted by molar-refractivity contribution is 1.27. The summed E-state index contributed by atoms with van der Waals surface area (Å²) in [5.74, 6) is 0. The van der Waals surface area contributed by atoms with Gasteiger partial charge in [-0.1, -0.05) is 176 Å².